The van der Waals surface area contributed by atoms with Crippen molar-refractivity contribution in [3.05, 3.63) is 136 Å². The minimum absolute atomic E-state index is 0.591. The topological polar surface area (TPSA) is 29.4 Å². The number of benzene rings is 5. The zero-order chi connectivity index (χ0) is 21.7. The highest BCUT2D eigenvalue weighted by molar-refractivity contribution is 6.30. The van der Waals surface area contributed by atoms with Gasteiger partial charge in [-0.2, -0.15) is 0 Å². The van der Waals surface area contributed by atoms with E-state index in [4.69, 9.17) is 11.6 Å². The molecule has 0 saturated carbocycles. The largest absolute Gasteiger partial charge is 0.179 e. The van der Waals surface area contributed by atoms with Gasteiger partial charge in [0.2, 0.25) is 0 Å². The molecule has 1 atom stereocenters. The zero-order valence-electron chi connectivity index (χ0n) is 17.1. The monoisotopic (exact) mass is 431 g/mol. The van der Waals surface area contributed by atoms with E-state index in [9.17, 15) is 4.91 Å². The maximum Gasteiger partial charge on any atom is 0.179 e. The molecule has 5 aromatic carbocycles. The lowest BCUT2D eigenvalue weighted by molar-refractivity contribution is 0.674. The molecule has 0 saturated heterocycles. The first-order valence-electron chi connectivity index (χ1n) is 10.6. The Kier molecular flexibility index (Phi) is 4.24. The minimum Gasteiger partial charge on any atom is -0.149 e. The third-order valence-electron chi connectivity index (χ3n) is 6.48. The van der Waals surface area contributed by atoms with E-state index in [0.717, 1.165) is 49.7 Å². The summed E-state index contributed by atoms with van der Waals surface area (Å²) in [6.07, 6.45) is 0. The van der Waals surface area contributed by atoms with Crippen LogP contribution in [0.5, 0.6) is 0 Å². The molecule has 3 heteroatoms. The van der Waals surface area contributed by atoms with Gasteiger partial charge in [-0.15, -0.1) is 4.91 Å². The van der Waals surface area contributed by atoms with Crippen LogP contribution >= 0.6 is 11.6 Å². The molecular formula is C29H18ClNO. The smallest absolute Gasteiger partial charge is 0.149 e. The maximum absolute atomic E-state index is 13.0. The van der Waals surface area contributed by atoms with Gasteiger partial charge in [-0.25, -0.2) is 0 Å². The van der Waals surface area contributed by atoms with Gasteiger partial charge in [-0.1, -0.05) is 109 Å². The fourth-order valence-corrected chi connectivity index (χ4v) is 5.32. The molecule has 6 rings (SSSR count). The van der Waals surface area contributed by atoms with Crippen LogP contribution in [0.15, 0.2) is 114 Å². The van der Waals surface area contributed by atoms with Gasteiger partial charge < -0.3 is 0 Å². The van der Waals surface area contributed by atoms with E-state index in [0.29, 0.717) is 5.02 Å². The molecule has 1 aliphatic carbocycles. The zero-order valence-corrected chi connectivity index (χ0v) is 17.9. The van der Waals surface area contributed by atoms with Crippen molar-refractivity contribution in [3.63, 3.8) is 0 Å². The Bertz CT molecular complexity index is 1490. The molecular weight excluding hydrogens is 414 g/mol. The summed E-state index contributed by atoms with van der Waals surface area (Å²) in [4.78, 5) is 13.0. The molecule has 0 aromatic heterocycles. The van der Waals surface area contributed by atoms with Gasteiger partial charge in [0.1, 0.15) is 0 Å². The predicted octanol–water partition coefficient (Wildman–Crippen LogP) is 8.20. The van der Waals surface area contributed by atoms with Crippen LogP contribution in [0, 0.1) is 4.91 Å². The summed E-state index contributed by atoms with van der Waals surface area (Å²) >= 11 is 6.44. The fourth-order valence-electron chi connectivity index (χ4n) is 5.15. The molecule has 0 aliphatic heterocycles. The van der Waals surface area contributed by atoms with Gasteiger partial charge in [0.15, 0.2) is 5.54 Å². The van der Waals surface area contributed by atoms with Crippen molar-refractivity contribution in [3.8, 4) is 22.3 Å². The Morgan fingerprint density at radius 1 is 0.656 bits per heavy atom. The summed E-state index contributed by atoms with van der Waals surface area (Å²) in [5, 5.41) is 6.61. The first kappa shape index (κ1) is 19.0. The number of rotatable bonds is 3. The Hall–Kier alpha value is -3.75. The molecule has 5 aromatic rings. The van der Waals surface area contributed by atoms with Crippen LogP contribution in [0.1, 0.15) is 16.7 Å². The van der Waals surface area contributed by atoms with Crippen LogP contribution < -0.4 is 0 Å². The number of halogens is 1. The Morgan fingerprint density at radius 3 is 2.12 bits per heavy atom. The van der Waals surface area contributed by atoms with Gasteiger partial charge in [-0.05, 0) is 55.9 Å². The van der Waals surface area contributed by atoms with E-state index in [-0.39, 0.29) is 0 Å². The van der Waals surface area contributed by atoms with Crippen molar-refractivity contribution < 1.29 is 0 Å². The molecule has 2 nitrogen and oxygen atoms in total. The Morgan fingerprint density at radius 2 is 1.38 bits per heavy atom. The molecule has 0 spiro atoms. The molecule has 152 valence electrons. The van der Waals surface area contributed by atoms with Crippen LogP contribution in [0.2, 0.25) is 5.02 Å². The average Bonchev–Trinajstić information content (AvgIpc) is 3.14. The molecule has 0 heterocycles. The first-order valence-corrected chi connectivity index (χ1v) is 10.9. The summed E-state index contributed by atoms with van der Waals surface area (Å²) in [6, 6.07) is 36.4. The fraction of sp³-hybridized carbons (Fsp3) is 0.0345. The van der Waals surface area contributed by atoms with Crippen LogP contribution in [-0.4, -0.2) is 0 Å². The van der Waals surface area contributed by atoms with Crippen molar-refractivity contribution in [2.75, 3.05) is 0 Å². The number of fused-ring (bicyclic) bond motifs is 5. The second-order valence-electron chi connectivity index (χ2n) is 8.12. The lowest BCUT2D eigenvalue weighted by Crippen LogP contribution is -2.24. The summed E-state index contributed by atoms with van der Waals surface area (Å²) in [5.41, 5.74) is 5.63. The van der Waals surface area contributed by atoms with Crippen LogP contribution in [0.25, 0.3) is 33.0 Å². The second-order valence-corrected chi connectivity index (χ2v) is 8.55. The molecule has 0 amide bonds. The van der Waals surface area contributed by atoms with Crippen LogP contribution in [0.3, 0.4) is 0 Å². The van der Waals surface area contributed by atoms with Gasteiger partial charge in [-0.3, -0.25) is 0 Å². The van der Waals surface area contributed by atoms with E-state index in [2.05, 4.69) is 47.6 Å². The van der Waals surface area contributed by atoms with Crippen molar-refractivity contribution in [1.29, 1.82) is 0 Å². The van der Waals surface area contributed by atoms with Crippen molar-refractivity contribution in [1.82, 2.24) is 0 Å². The quantitative estimate of drug-likeness (QED) is 0.265. The van der Waals surface area contributed by atoms with Gasteiger partial charge in [0.05, 0.1) is 0 Å². The van der Waals surface area contributed by atoms with E-state index in [1.807, 2.05) is 66.7 Å². The highest BCUT2D eigenvalue weighted by atomic mass is 35.5. The van der Waals surface area contributed by atoms with Crippen molar-refractivity contribution >= 4 is 22.4 Å². The molecule has 0 radical (unpaired) electrons. The van der Waals surface area contributed by atoms with E-state index in [1.165, 1.54) is 0 Å². The lowest BCUT2D eigenvalue weighted by atomic mass is 9.78. The third-order valence-corrected chi connectivity index (χ3v) is 6.72. The van der Waals surface area contributed by atoms with Crippen molar-refractivity contribution in [2.24, 2.45) is 5.18 Å². The maximum atomic E-state index is 13.0. The normalized spacial score (nSPS) is 16.5. The number of nitroso groups, excluding NO2 is 1. The third kappa shape index (κ3) is 2.54. The van der Waals surface area contributed by atoms with E-state index < -0.39 is 5.54 Å². The van der Waals surface area contributed by atoms with Crippen LogP contribution in [-0.2, 0) is 5.54 Å². The van der Waals surface area contributed by atoms with E-state index in [1.54, 1.807) is 0 Å². The average molecular weight is 432 g/mol. The summed E-state index contributed by atoms with van der Waals surface area (Å²) in [5.74, 6) is 0. The Labute approximate surface area is 191 Å². The molecule has 0 N–H and O–H groups in total. The van der Waals surface area contributed by atoms with Gasteiger partial charge >= 0.3 is 0 Å². The first-order chi connectivity index (χ1) is 15.7. The highest BCUT2D eigenvalue weighted by Crippen LogP contribution is 2.57. The number of nitrogens with zero attached hydrogens (tertiary/aromatic N) is 1. The highest BCUT2D eigenvalue weighted by Gasteiger charge is 2.48. The van der Waals surface area contributed by atoms with E-state index >= 15 is 0 Å². The summed E-state index contributed by atoms with van der Waals surface area (Å²) in [6.45, 7) is 0. The second kappa shape index (κ2) is 7.15. The molecule has 32 heavy (non-hydrogen) atoms. The predicted molar refractivity (Wildman–Crippen MR) is 132 cm³/mol. The Balaban J connectivity index is 1.83. The number of hydrogen-bond donors (Lipinski definition) is 0. The molecule has 0 bridgehead atoms. The number of hydrogen-bond acceptors (Lipinski definition) is 2. The molecule has 0 fully saturated rings. The SMILES string of the molecule is O=NC1(c2ccccc2)c2cc(Cl)ccc2-c2ccc3cccc(-c4ccccc4)c3c21. The lowest BCUT2D eigenvalue weighted by Gasteiger charge is -2.27. The summed E-state index contributed by atoms with van der Waals surface area (Å²) < 4.78 is 0. The van der Waals surface area contributed by atoms with Crippen LogP contribution in [0.4, 0.5) is 0 Å². The molecule has 1 unspecified atom stereocenters. The standard InChI is InChI=1S/C29H18ClNO/c30-22-15-17-24-25-16-14-20-10-7-13-23(19-8-3-1-4-9-19)27(20)28(25)29(31-32,26(24)18-22)21-11-5-2-6-12-21/h1-18H. The minimum atomic E-state index is -1.18. The molecule has 1 aliphatic rings. The van der Waals surface area contributed by atoms with Gasteiger partial charge in [0, 0.05) is 16.1 Å². The summed E-state index contributed by atoms with van der Waals surface area (Å²) in [7, 11) is 0. The van der Waals surface area contributed by atoms with Gasteiger partial charge in [0.25, 0.3) is 0 Å². The van der Waals surface area contributed by atoms with Crippen molar-refractivity contribution in [2.45, 2.75) is 5.54 Å².